The van der Waals surface area contributed by atoms with Crippen LogP contribution in [0.15, 0.2) is 40.4 Å². The van der Waals surface area contributed by atoms with Crippen molar-refractivity contribution in [2.45, 2.75) is 31.7 Å². The van der Waals surface area contributed by atoms with Crippen molar-refractivity contribution in [2.75, 3.05) is 33.4 Å². The summed E-state index contributed by atoms with van der Waals surface area (Å²) in [6, 6.07) is 6.79. The van der Waals surface area contributed by atoms with E-state index in [2.05, 4.69) is 25.3 Å². The molecule has 0 atom stereocenters. The molecule has 0 saturated carbocycles. The van der Waals surface area contributed by atoms with Gasteiger partial charge in [-0.15, -0.1) is 35.3 Å². The van der Waals surface area contributed by atoms with Crippen LogP contribution in [0.4, 0.5) is 0 Å². The summed E-state index contributed by atoms with van der Waals surface area (Å²) in [5, 5.41) is 7.58. The molecule has 0 saturated heterocycles. The second kappa shape index (κ2) is 13.9. The molecular weight excluding hydrogens is 537 g/mol. The van der Waals surface area contributed by atoms with Gasteiger partial charge in [-0.05, 0) is 31.5 Å². The van der Waals surface area contributed by atoms with Gasteiger partial charge in [-0.2, -0.15) is 0 Å². The van der Waals surface area contributed by atoms with Gasteiger partial charge < -0.3 is 15.4 Å². The molecule has 1 aromatic heterocycles. The summed E-state index contributed by atoms with van der Waals surface area (Å²) in [5.41, 5.74) is 0.812. The molecule has 0 unspecified atom stereocenters. The Balaban J connectivity index is 0.00000450. The highest BCUT2D eigenvalue weighted by molar-refractivity contribution is 14.0. The molecule has 11 heteroatoms. The van der Waals surface area contributed by atoms with E-state index in [1.807, 2.05) is 26.1 Å². The van der Waals surface area contributed by atoms with Crippen molar-refractivity contribution in [3.05, 3.63) is 45.9 Å². The van der Waals surface area contributed by atoms with Gasteiger partial charge in [-0.3, -0.25) is 0 Å². The number of benzene rings is 1. The quantitative estimate of drug-likeness (QED) is 0.167. The first kappa shape index (κ1) is 26.8. The number of hydrogen-bond donors (Lipinski definition) is 3. The number of methoxy groups -OCH3 is 1. The number of hydrogen-bond acceptors (Lipinski definition) is 6. The molecule has 2 rings (SSSR count). The molecule has 0 aliphatic heterocycles. The van der Waals surface area contributed by atoms with E-state index in [-0.39, 0.29) is 35.4 Å². The molecule has 168 valence electrons. The van der Waals surface area contributed by atoms with Gasteiger partial charge in [0, 0.05) is 44.2 Å². The number of rotatable bonds is 11. The topological polar surface area (TPSA) is 105 Å². The van der Waals surface area contributed by atoms with E-state index in [0.29, 0.717) is 19.1 Å². The number of aliphatic imine (C=N–C) groups is 1. The monoisotopic (exact) mass is 567 g/mol. The van der Waals surface area contributed by atoms with Gasteiger partial charge in [0.25, 0.3) is 0 Å². The Labute approximate surface area is 200 Å². The molecular formula is C19H30IN5O3S2. The molecule has 0 bridgehead atoms. The summed E-state index contributed by atoms with van der Waals surface area (Å²) in [4.78, 5) is 10.3. The van der Waals surface area contributed by atoms with Crippen molar-refractivity contribution in [1.29, 1.82) is 0 Å². The lowest BCUT2D eigenvalue weighted by Crippen LogP contribution is -2.38. The lowest BCUT2D eigenvalue weighted by Gasteiger charge is -2.11. The van der Waals surface area contributed by atoms with Gasteiger partial charge >= 0.3 is 0 Å². The van der Waals surface area contributed by atoms with E-state index in [4.69, 9.17) is 4.74 Å². The highest BCUT2D eigenvalue weighted by atomic mass is 127. The van der Waals surface area contributed by atoms with Crippen LogP contribution in [0.2, 0.25) is 0 Å². The van der Waals surface area contributed by atoms with Crippen LogP contribution in [-0.4, -0.2) is 52.7 Å². The van der Waals surface area contributed by atoms with E-state index in [9.17, 15) is 8.42 Å². The van der Waals surface area contributed by atoms with Gasteiger partial charge in [-0.1, -0.05) is 12.1 Å². The van der Waals surface area contributed by atoms with E-state index >= 15 is 0 Å². The van der Waals surface area contributed by atoms with Crippen molar-refractivity contribution in [3.63, 3.8) is 0 Å². The normalized spacial score (nSPS) is 11.8. The van der Waals surface area contributed by atoms with Crippen molar-refractivity contribution in [1.82, 2.24) is 20.3 Å². The average molecular weight is 568 g/mol. The van der Waals surface area contributed by atoms with Crippen molar-refractivity contribution in [3.8, 4) is 0 Å². The molecule has 3 N–H and O–H groups in total. The summed E-state index contributed by atoms with van der Waals surface area (Å²) in [6.45, 7) is 6.42. The smallest absolute Gasteiger partial charge is 0.240 e. The summed E-state index contributed by atoms with van der Waals surface area (Å²) >= 11 is 1.69. The minimum absolute atomic E-state index is 0. The van der Waals surface area contributed by atoms with Crippen LogP contribution in [-0.2, 0) is 27.7 Å². The van der Waals surface area contributed by atoms with Crippen LogP contribution in [0.5, 0.6) is 0 Å². The molecule has 0 radical (unpaired) electrons. The number of aryl methyl sites for hydroxylation is 1. The van der Waals surface area contributed by atoms with Crippen LogP contribution in [0.1, 0.15) is 22.4 Å². The third kappa shape index (κ3) is 9.25. The maximum atomic E-state index is 12.3. The number of nitrogens with zero attached hydrogens (tertiary/aromatic N) is 2. The van der Waals surface area contributed by atoms with Gasteiger partial charge in [0.1, 0.15) is 0 Å². The zero-order valence-corrected chi connectivity index (χ0v) is 21.4. The first-order chi connectivity index (χ1) is 13.9. The summed E-state index contributed by atoms with van der Waals surface area (Å²) < 4.78 is 32.1. The fourth-order valence-corrected chi connectivity index (χ4v) is 4.36. The lowest BCUT2D eigenvalue weighted by atomic mass is 10.2. The van der Waals surface area contributed by atoms with Gasteiger partial charge in [0.05, 0.1) is 23.1 Å². The third-order valence-corrected chi connectivity index (χ3v) is 6.30. The Morgan fingerprint density at radius 2 is 2.07 bits per heavy atom. The van der Waals surface area contributed by atoms with E-state index < -0.39 is 10.0 Å². The van der Waals surface area contributed by atoms with Crippen LogP contribution < -0.4 is 15.4 Å². The fourth-order valence-electron chi connectivity index (χ4n) is 2.49. The second-order valence-electron chi connectivity index (χ2n) is 6.27. The van der Waals surface area contributed by atoms with Gasteiger partial charge in [0.15, 0.2) is 5.96 Å². The fraction of sp³-hybridized carbons (Fsp3) is 0.474. The third-order valence-electron chi connectivity index (χ3n) is 3.87. The zero-order chi connectivity index (χ0) is 21.1. The van der Waals surface area contributed by atoms with Crippen molar-refractivity contribution >= 4 is 51.3 Å². The SMILES string of the molecule is CCNC(=NCc1cccc(S(=O)(=O)NCCOC)c1)NCCc1ncc(C)s1.I. The first-order valence-electron chi connectivity index (χ1n) is 9.45. The number of guanidine groups is 1. The second-order valence-corrected chi connectivity index (χ2v) is 9.36. The molecule has 1 aromatic carbocycles. The van der Waals surface area contributed by atoms with Gasteiger partial charge in [0.2, 0.25) is 10.0 Å². The number of thiazole rings is 1. The number of halogens is 1. The predicted molar refractivity (Wildman–Crippen MR) is 132 cm³/mol. The highest BCUT2D eigenvalue weighted by Crippen LogP contribution is 2.13. The molecule has 2 aromatic rings. The predicted octanol–water partition coefficient (Wildman–Crippen LogP) is 2.29. The number of aromatic nitrogens is 1. The number of nitrogens with one attached hydrogen (secondary N) is 3. The Morgan fingerprint density at radius 1 is 1.27 bits per heavy atom. The highest BCUT2D eigenvalue weighted by Gasteiger charge is 2.13. The van der Waals surface area contributed by atoms with Crippen LogP contribution in [0.25, 0.3) is 0 Å². The molecule has 0 aliphatic rings. The van der Waals surface area contributed by atoms with E-state index in [1.54, 1.807) is 29.5 Å². The molecule has 0 amide bonds. The number of sulfonamides is 1. The molecule has 1 heterocycles. The maximum absolute atomic E-state index is 12.3. The standard InChI is InChI=1S/C19H29N5O3S2.HI/c1-4-20-19(21-9-8-18-22-13-15(2)28-18)23-14-16-6-5-7-17(12-16)29(25,26)24-10-11-27-3;/h5-7,12-13,24H,4,8-11,14H2,1-3H3,(H2,20,21,23);1H. The minimum Gasteiger partial charge on any atom is -0.383 e. The molecule has 0 fully saturated rings. The lowest BCUT2D eigenvalue weighted by molar-refractivity contribution is 0.204. The Morgan fingerprint density at radius 3 is 2.73 bits per heavy atom. The molecule has 30 heavy (non-hydrogen) atoms. The van der Waals surface area contributed by atoms with Crippen LogP contribution in [0.3, 0.4) is 0 Å². The first-order valence-corrected chi connectivity index (χ1v) is 11.8. The summed E-state index contributed by atoms with van der Waals surface area (Å²) in [6.07, 6.45) is 2.70. The van der Waals surface area contributed by atoms with Crippen molar-refractivity contribution in [2.24, 2.45) is 4.99 Å². The average Bonchev–Trinajstić information content (AvgIpc) is 3.11. The largest absolute Gasteiger partial charge is 0.383 e. The molecule has 0 aliphatic carbocycles. The Bertz CT molecular complexity index is 903. The van der Waals surface area contributed by atoms with Crippen LogP contribution >= 0.6 is 35.3 Å². The zero-order valence-electron chi connectivity index (χ0n) is 17.5. The maximum Gasteiger partial charge on any atom is 0.240 e. The van der Waals surface area contributed by atoms with Crippen molar-refractivity contribution < 1.29 is 13.2 Å². The van der Waals surface area contributed by atoms with E-state index in [0.717, 1.165) is 30.1 Å². The minimum atomic E-state index is -3.56. The molecule has 8 nitrogen and oxygen atoms in total. The Kier molecular flexibility index (Phi) is 12.4. The van der Waals surface area contributed by atoms with Crippen LogP contribution in [0, 0.1) is 6.92 Å². The van der Waals surface area contributed by atoms with Gasteiger partial charge in [-0.25, -0.2) is 23.1 Å². The van der Waals surface area contributed by atoms with E-state index in [1.165, 1.54) is 12.0 Å². The Hall–Kier alpha value is -1.28. The molecule has 0 spiro atoms. The summed E-state index contributed by atoms with van der Waals surface area (Å²) in [5.74, 6) is 0.687. The summed E-state index contributed by atoms with van der Waals surface area (Å²) in [7, 11) is -2.03. The number of ether oxygens (including phenoxy) is 1.